The van der Waals surface area contributed by atoms with Crippen molar-refractivity contribution in [2.75, 3.05) is 0 Å². The zero-order valence-electron chi connectivity index (χ0n) is 10.4. The van der Waals surface area contributed by atoms with Gasteiger partial charge in [0.2, 0.25) is 0 Å². The van der Waals surface area contributed by atoms with Gasteiger partial charge in [0.15, 0.2) is 0 Å². The molecule has 0 saturated heterocycles. The fourth-order valence-electron chi connectivity index (χ4n) is 2.13. The summed E-state index contributed by atoms with van der Waals surface area (Å²) in [7, 11) is 0. The van der Waals surface area contributed by atoms with Crippen molar-refractivity contribution in [3.05, 3.63) is 41.3 Å². The van der Waals surface area contributed by atoms with E-state index in [1.54, 1.807) is 9.13 Å². The summed E-state index contributed by atoms with van der Waals surface area (Å²) in [5.41, 5.74) is 2.36. The Morgan fingerprint density at radius 3 is 2.61 bits per heavy atom. The number of benzene rings is 1. The number of allylic oxidation sites excluding steroid dienone is 1. The summed E-state index contributed by atoms with van der Waals surface area (Å²) >= 11 is 0. The van der Waals surface area contributed by atoms with Crippen LogP contribution in [0.4, 0.5) is 0 Å². The first kappa shape index (κ1) is 12.4. The zero-order chi connectivity index (χ0) is 13.1. The van der Waals surface area contributed by atoms with Crippen molar-refractivity contribution in [3.63, 3.8) is 0 Å². The molecule has 1 aromatic carbocycles. The van der Waals surface area contributed by atoms with Gasteiger partial charge in [0, 0.05) is 18.7 Å². The minimum absolute atomic E-state index is 0.0883. The number of unbranched alkanes of at least 4 members (excludes halogenated alkanes) is 1. The smallest absolute Gasteiger partial charge is 0.303 e. The highest BCUT2D eigenvalue weighted by molar-refractivity contribution is 5.79. The van der Waals surface area contributed by atoms with E-state index < -0.39 is 0 Å². The van der Waals surface area contributed by atoms with Crippen LogP contribution in [0.2, 0.25) is 0 Å². The highest BCUT2D eigenvalue weighted by atomic mass is 16.1. The molecular formula is C14H16N2O2. The van der Waals surface area contributed by atoms with Crippen LogP contribution < -0.4 is 5.69 Å². The first-order valence-corrected chi connectivity index (χ1v) is 5.96. The molecule has 0 aliphatic heterocycles. The van der Waals surface area contributed by atoms with Gasteiger partial charge in [0.1, 0.15) is 6.29 Å². The molecule has 0 amide bonds. The van der Waals surface area contributed by atoms with Crippen LogP contribution in [0, 0.1) is 0 Å². The molecule has 0 spiro atoms. The van der Waals surface area contributed by atoms with E-state index in [9.17, 15) is 9.59 Å². The number of para-hydroxylation sites is 2. The van der Waals surface area contributed by atoms with E-state index in [2.05, 4.69) is 6.58 Å². The molecular weight excluding hydrogens is 228 g/mol. The monoisotopic (exact) mass is 244 g/mol. The Kier molecular flexibility index (Phi) is 3.46. The second kappa shape index (κ2) is 5.04. The molecule has 2 rings (SSSR count). The van der Waals surface area contributed by atoms with E-state index in [4.69, 9.17) is 0 Å². The number of hydrogen-bond acceptors (Lipinski definition) is 2. The van der Waals surface area contributed by atoms with Crippen LogP contribution in [-0.4, -0.2) is 15.4 Å². The van der Waals surface area contributed by atoms with Gasteiger partial charge in [0.25, 0.3) is 0 Å². The molecule has 0 radical (unpaired) electrons. The molecule has 0 aliphatic rings. The number of rotatable bonds is 5. The van der Waals surface area contributed by atoms with E-state index in [1.165, 1.54) is 0 Å². The molecule has 18 heavy (non-hydrogen) atoms. The minimum Gasteiger partial charge on any atom is -0.303 e. The van der Waals surface area contributed by atoms with Gasteiger partial charge in [-0.25, -0.2) is 4.79 Å². The van der Waals surface area contributed by atoms with Crippen LogP contribution in [0.25, 0.3) is 16.7 Å². The molecule has 1 heterocycles. The number of carbonyl (C=O) groups is 1. The van der Waals surface area contributed by atoms with Gasteiger partial charge in [-0.15, -0.1) is 0 Å². The summed E-state index contributed by atoms with van der Waals surface area (Å²) in [6.07, 6.45) is 2.02. The SMILES string of the molecule is C=C(C)n1c(=O)n(CCCC=O)c2ccccc21. The summed E-state index contributed by atoms with van der Waals surface area (Å²) in [6, 6.07) is 7.62. The molecule has 94 valence electrons. The number of aldehydes is 1. The number of fused-ring (bicyclic) bond motifs is 1. The standard InChI is InChI=1S/C14H16N2O2/c1-11(2)16-13-8-4-3-7-12(13)15(14(16)18)9-5-6-10-17/h3-4,7-8,10H,1,5-6,9H2,2H3. The molecule has 0 atom stereocenters. The summed E-state index contributed by atoms with van der Waals surface area (Å²) in [6.45, 7) is 6.20. The Bertz CT molecular complexity index is 649. The van der Waals surface area contributed by atoms with Crippen LogP contribution in [-0.2, 0) is 11.3 Å². The largest absolute Gasteiger partial charge is 0.333 e. The lowest BCUT2D eigenvalue weighted by atomic mass is 10.3. The molecule has 0 N–H and O–H groups in total. The number of nitrogens with zero attached hydrogens (tertiary/aromatic N) is 2. The van der Waals surface area contributed by atoms with Crippen molar-refractivity contribution in [1.29, 1.82) is 0 Å². The lowest BCUT2D eigenvalue weighted by Crippen LogP contribution is -2.23. The van der Waals surface area contributed by atoms with E-state index in [0.29, 0.717) is 25.1 Å². The van der Waals surface area contributed by atoms with Crippen LogP contribution in [0.3, 0.4) is 0 Å². The normalized spacial score (nSPS) is 10.7. The van der Waals surface area contributed by atoms with Crippen LogP contribution in [0.1, 0.15) is 19.8 Å². The summed E-state index contributed by atoms with van der Waals surface area (Å²) in [5, 5.41) is 0. The second-order valence-corrected chi connectivity index (χ2v) is 4.30. The van der Waals surface area contributed by atoms with Crippen LogP contribution in [0.15, 0.2) is 35.6 Å². The second-order valence-electron chi connectivity index (χ2n) is 4.30. The third kappa shape index (κ3) is 2.01. The maximum absolute atomic E-state index is 12.3. The van der Waals surface area contributed by atoms with Gasteiger partial charge in [-0.05, 0) is 25.5 Å². The molecule has 0 fully saturated rings. The van der Waals surface area contributed by atoms with Crippen molar-refractivity contribution in [1.82, 2.24) is 9.13 Å². The van der Waals surface area contributed by atoms with Gasteiger partial charge < -0.3 is 4.79 Å². The maximum Gasteiger partial charge on any atom is 0.333 e. The summed E-state index contributed by atoms with van der Waals surface area (Å²) in [5.74, 6) is 0. The molecule has 0 saturated carbocycles. The fraction of sp³-hybridized carbons (Fsp3) is 0.286. The topological polar surface area (TPSA) is 44.0 Å². The molecule has 0 aliphatic carbocycles. The van der Waals surface area contributed by atoms with E-state index in [0.717, 1.165) is 17.3 Å². The Hall–Kier alpha value is -2.10. The van der Waals surface area contributed by atoms with E-state index in [1.807, 2.05) is 31.2 Å². The molecule has 1 aromatic heterocycles. The van der Waals surface area contributed by atoms with Crippen molar-refractivity contribution < 1.29 is 4.79 Å². The maximum atomic E-state index is 12.3. The summed E-state index contributed by atoms with van der Waals surface area (Å²) < 4.78 is 3.31. The number of aryl methyl sites for hydroxylation is 1. The number of carbonyl (C=O) groups excluding carboxylic acids is 1. The predicted octanol–water partition coefficient (Wildman–Crippen LogP) is 2.27. The Labute approximate surface area is 105 Å². The lowest BCUT2D eigenvalue weighted by molar-refractivity contribution is -0.107. The number of aromatic nitrogens is 2. The van der Waals surface area contributed by atoms with Gasteiger partial charge in [0.05, 0.1) is 11.0 Å². The quantitative estimate of drug-likeness (QED) is 0.598. The average molecular weight is 244 g/mol. The average Bonchev–Trinajstić information content (AvgIpc) is 2.63. The number of imidazole rings is 1. The summed E-state index contributed by atoms with van der Waals surface area (Å²) in [4.78, 5) is 22.7. The van der Waals surface area contributed by atoms with E-state index in [-0.39, 0.29) is 5.69 Å². The van der Waals surface area contributed by atoms with Crippen molar-refractivity contribution in [2.45, 2.75) is 26.3 Å². The fourth-order valence-corrected chi connectivity index (χ4v) is 2.13. The van der Waals surface area contributed by atoms with Crippen molar-refractivity contribution in [3.8, 4) is 0 Å². The molecule has 4 heteroatoms. The van der Waals surface area contributed by atoms with Gasteiger partial charge in [-0.1, -0.05) is 18.7 Å². The zero-order valence-corrected chi connectivity index (χ0v) is 10.4. The van der Waals surface area contributed by atoms with E-state index >= 15 is 0 Å². The molecule has 2 aromatic rings. The lowest BCUT2D eigenvalue weighted by Gasteiger charge is -2.00. The Balaban J connectivity index is 2.58. The third-order valence-electron chi connectivity index (χ3n) is 2.92. The highest BCUT2D eigenvalue weighted by Gasteiger charge is 2.12. The van der Waals surface area contributed by atoms with Gasteiger partial charge in [-0.2, -0.15) is 0 Å². The van der Waals surface area contributed by atoms with Crippen LogP contribution >= 0.6 is 0 Å². The first-order chi connectivity index (χ1) is 8.66. The highest BCUT2D eigenvalue weighted by Crippen LogP contribution is 2.16. The minimum atomic E-state index is -0.0883. The Morgan fingerprint density at radius 2 is 2.00 bits per heavy atom. The van der Waals surface area contributed by atoms with Gasteiger partial charge in [-0.3, -0.25) is 9.13 Å². The van der Waals surface area contributed by atoms with Crippen LogP contribution in [0.5, 0.6) is 0 Å². The predicted molar refractivity (Wildman–Crippen MR) is 72.5 cm³/mol. The Morgan fingerprint density at radius 1 is 1.33 bits per heavy atom. The number of hydrogen-bond donors (Lipinski definition) is 0. The first-order valence-electron chi connectivity index (χ1n) is 5.96. The molecule has 4 nitrogen and oxygen atoms in total. The molecule has 0 bridgehead atoms. The van der Waals surface area contributed by atoms with Gasteiger partial charge >= 0.3 is 5.69 Å². The van der Waals surface area contributed by atoms with Crippen molar-refractivity contribution >= 4 is 23.0 Å². The third-order valence-corrected chi connectivity index (χ3v) is 2.92. The van der Waals surface area contributed by atoms with Crippen molar-refractivity contribution in [2.24, 2.45) is 0 Å². The molecule has 0 unspecified atom stereocenters.